The van der Waals surface area contributed by atoms with Gasteiger partial charge in [-0.3, -0.25) is 19.2 Å². The summed E-state index contributed by atoms with van der Waals surface area (Å²) in [5, 5.41) is 0. The van der Waals surface area contributed by atoms with Crippen molar-refractivity contribution < 1.29 is 47.1 Å². The Morgan fingerprint density at radius 1 is 0.547 bits per heavy atom. The maximum Gasteiger partial charge on any atom is 0.308 e. The number of hydrogen-bond donors (Lipinski definition) is 0. The SMILES string of the molecule is CC(=O)Oc1ccc(C[N+]2(C)C3CCCC2CC(OC(=O)CCCCCC(=O)OC2CC4CCCC(C2)[N+]4(C)Cc2ccc(OC(C)=O)cc2)C3)cc1. The number of benzene rings is 2. The molecule has 4 aliphatic rings. The quantitative estimate of drug-likeness (QED) is 0.0861. The van der Waals surface area contributed by atoms with Crippen molar-refractivity contribution in [2.75, 3.05) is 14.1 Å². The van der Waals surface area contributed by atoms with Crippen molar-refractivity contribution in [3.8, 4) is 11.5 Å². The second-order valence-electron chi connectivity index (χ2n) is 16.7. The van der Waals surface area contributed by atoms with E-state index in [1.165, 1.54) is 37.8 Å². The zero-order valence-corrected chi connectivity index (χ0v) is 32.3. The van der Waals surface area contributed by atoms with Crippen LogP contribution < -0.4 is 9.47 Å². The number of esters is 4. The molecule has 2 aromatic carbocycles. The minimum atomic E-state index is -0.316. The van der Waals surface area contributed by atoms with Gasteiger partial charge in [-0.15, -0.1) is 0 Å². The van der Waals surface area contributed by atoms with Gasteiger partial charge in [-0.1, -0.05) is 6.42 Å². The number of nitrogens with zero attached hydrogens (tertiary/aromatic N) is 2. The monoisotopic (exact) mass is 732 g/mol. The molecular formula is C43H60N2O8+2. The topological polar surface area (TPSA) is 105 Å². The van der Waals surface area contributed by atoms with E-state index in [-0.39, 0.29) is 36.1 Å². The molecule has 4 saturated heterocycles. The van der Waals surface area contributed by atoms with Gasteiger partial charge in [-0.25, -0.2) is 0 Å². The van der Waals surface area contributed by atoms with E-state index in [4.69, 9.17) is 18.9 Å². The van der Waals surface area contributed by atoms with Crippen molar-refractivity contribution >= 4 is 23.9 Å². The number of carbonyl (C=O) groups is 4. The summed E-state index contributed by atoms with van der Waals surface area (Å²) >= 11 is 0. The van der Waals surface area contributed by atoms with Crippen LogP contribution in [0.4, 0.5) is 0 Å². The number of hydrogen-bond acceptors (Lipinski definition) is 8. The predicted octanol–water partition coefficient (Wildman–Crippen LogP) is 7.33. The van der Waals surface area contributed by atoms with Crippen LogP contribution in [0.25, 0.3) is 0 Å². The van der Waals surface area contributed by atoms with Gasteiger partial charge >= 0.3 is 23.9 Å². The highest BCUT2D eigenvalue weighted by molar-refractivity contribution is 5.70. The zero-order chi connectivity index (χ0) is 37.6. The predicted molar refractivity (Wildman–Crippen MR) is 199 cm³/mol. The first-order valence-corrected chi connectivity index (χ1v) is 20.0. The minimum absolute atomic E-state index is 0.0336. The Hall–Kier alpha value is -3.76. The van der Waals surface area contributed by atoms with Crippen LogP contribution in [0, 0.1) is 0 Å². The normalized spacial score (nSPS) is 30.5. The second-order valence-corrected chi connectivity index (χ2v) is 16.7. The molecule has 0 spiro atoms. The number of ether oxygens (including phenoxy) is 4. The Morgan fingerprint density at radius 3 is 1.21 bits per heavy atom. The van der Waals surface area contributed by atoms with Crippen LogP contribution in [0.1, 0.15) is 121 Å². The fourth-order valence-corrected chi connectivity index (χ4v) is 10.2. The van der Waals surface area contributed by atoms with Gasteiger partial charge < -0.3 is 27.9 Å². The fourth-order valence-electron chi connectivity index (χ4n) is 10.2. The summed E-state index contributed by atoms with van der Waals surface area (Å²) in [7, 11) is 4.70. The summed E-state index contributed by atoms with van der Waals surface area (Å²) in [5.41, 5.74) is 2.45. The highest BCUT2D eigenvalue weighted by Gasteiger charge is 2.51. The summed E-state index contributed by atoms with van der Waals surface area (Å²) in [6, 6.07) is 17.5. The molecule has 0 aliphatic carbocycles. The molecule has 0 saturated carbocycles. The Morgan fingerprint density at radius 2 is 0.887 bits per heavy atom. The molecule has 4 heterocycles. The molecule has 4 unspecified atom stereocenters. The molecule has 0 radical (unpaired) electrons. The van der Waals surface area contributed by atoms with E-state index in [2.05, 4.69) is 38.4 Å². The van der Waals surface area contributed by atoms with Crippen molar-refractivity contribution in [2.24, 2.45) is 0 Å². The van der Waals surface area contributed by atoms with Gasteiger partial charge in [-0.2, -0.15) is 0 Å². The Balaban J connectivity index is 0.885. The Kier molecular flexibility index (Phi) is 12.6. The summed E-state index contributed by atoms with van der Waals surface area (Å²) in [6.45, 7) is 4.65. The molecular weight excluding hydrogens is 672 g/mol. The van der Waals surface area contributed by atoms with Crippen LogP contribution in [0.2, 0.25) is 0 Å². The van der Waals surface area contributed by atoms with Crippen LogP contribution >= 0.6 is 0 Å². The van der Waals surface area contributed by atoms with E-state index >= 15 is 0 Å². The fraction of sp³-hybridized carbons (Fsp3) is 0.628. The first-order valence-electron chi connectivity index (χ1n) is 20.0. The van der Waals surface area contributed by atoms with Crippen molar-refractivity contribution in [1.82, 2.24) is 0 Å². The molecule has 10 heteroatoms. The van der Waals surface area contributed by atoms with E-state index < -0.39 is 0 Å². The minimum Gasteiger partial charge on any atom is -0.462 e. The van der Waals surface area contributed by atoms with Crippen LogP contribution in [0.15, 0.2) is 48.5 Å². The summed E-state index contributed by atoms with van der Waals surface area (Å²) in [6.07, 6.45) is 13.5. The third kappa shape index (κ3) is 9.87. The zero-order valence-electron chi connectivity index (χ0n) is 32.3. The number of fused-ring (bicyclic) bond motifs is 4. The lowest BCUT2D eigenvalue weighted by atomic mass is 9.80. The van der Waals surface area contributed by atoms with Gasteiger partial charge in [0.2, 0.25) is 0 Å². The first-order chi connectivity index (χ1) is 25.4. The number of piperidine rings is 4. The molecule has 4 atom stereocenters. The van der Waals surface area contributed by atoms with Crippen molar-refractivity contribution in [3.05, 3.63) is 59.7 Å². The molecule has 288 valence electrons. The Labute approximate surface area is 315 Å². The van der Waals surface area contributed by atoms with E-state index in [1.54, 1.807) is 0 Å². The van der Waals surface area contributed by atoms with Gasteiger partial charge in [0.25, 0.3) is 0 Å². The van der Waals surface area contributed by atoms with Crippen molar-refractivity contribution in [1.29, 1.82) is 0 Å². The molecule has 53 heavy (non-hydrogen) atoms. The lowest BCUT2D eigenvalue weighted by Gasteiger charge is -2.55. The number of rotatable bonds is 14. The molecule has 4 fully saturated rings. The summed E-state index contributed by atoms with van der Waals surface area (Å²) in [4.78, 5) is 48.4. The second kappa shape index (κ2) is 17.1. The van der Waals surface area contributed by atoms with Gasteiger partial charge in [-0.05, 0) is 99.9 Å². The summed E-state index contributed by atoms with van der Waals surface area (Å²) < 4.78 is 24.5. The molecule has 4 bridgehead atoms. The average Bonchev–Trinajstić information content (AvgIpc) is 3.07. The van der Waals surface area contributed by atoms with Gasteiger partial charge in [0, 0.05) is 63.5 Å². The van der Waals surface area contributed by atoms with E-state index in [0.717, 1.165) is 79.8 Å². The smallest absolute Gasteiger partial charge is 0.308 e. The maximum absolute atomic E-state index is 12.9. The lowest BCUT2D eigenvalue weighted by Crippen LogP contribution is -2.65. The third-order valence-corrected chi connectivity index (χ3v) is 12.9. The highest BCUT2D eigenvalue weighted by atomic mass is 16.6. The van der Waals surface area contributed by atoms with Crippen molar-refractivity contribution in [3.63, 3.8) is 0 Å². The lowest BCUT2D eigenvalue weighted by molar-refractivity contribution is -0.979. The van der Waals surface area contributed by atoms with Crippen LogP contribution in [-0.2, 0) is 41.7 Å². The average molecular weight is 733 g/mol. The molecule has 0 aromatic heterocycles. The Bertz CT molecular complexity index is 1440. The van der Waals surface area contributed by atoms with E-state index in [1.807, 2.05) is 24.3 Å². The van der Waals surface area contributed by atoms with Gasteiger partial charge in [0.15, 0.2) is 0 Å². The third-order valence-electron chi connectivity index (χ3n) is 12.9. The standard InChI is InChI=1S/C43H60N2O8/c1-30(46)50-38-20-16-32(17-21-38)28-44(3)34-10-8-11-35(44)25-40(24-34)52-42(48)14-6-5-7-15-43(49)53-41-26-36-12-9-13-37(27-41)45(36,4)29-33-18-22-39(23-19-33)51-31(2)47/h16-23,34-37,40-41H,5-15,24-29H2,1-4H3/q+2. The van der Waals surface area contributed by atoms with Crippen LogP contribution in [0.3, 0.4) is 0 Å². The molecule has 0 amide bonds. The van der Waals surface area contributed by atoms with E-state index in [9.17, 15) is 19.2 Å². The largest absolute Gasteiger partial charge is 0.462 e. The molecule has 0 N–H and O–H groups in total. The molecule has 4 aliphatic heterocycles. The molecule has 6 rings (SSSR count). The van der Waals surface area contributed by atoms with Crippen LogP contribution in [0.5, 0.6) is 11.5 Å². The number of quaternary nitrogens is 2. The molecule has 2 aromatic rings. The highest BCUT2D eigenvalue weighted by Crippen LogP contribution is 2.43. The van der Waals surface area contributed by atoms with Crippen molar-refractivity contribution in [2.45, 2.75) is 160 Å². The number of unbranched alkanes of at least 4 members (excludes halogenated alkanes) is 2. The summed E-state index contributed by atoms with van der Waals surface area (Å²) in [5.74, 6) is 0.261. The first kappa shape index (κ1) is 38.9. The van der Waals surface area contributed by atoms with E-state index in [0.29, 0.717) is 61.3 Å². The van der Waals surface area contributed by atoms with Gasteiger partial charge in [0.1, 0.15) is 36.8 Å². The van der Waals surface area contributed by atoms with Crippen LogP contribution in [-0.4, -0.2) is 83.3 Å². The van der Waals surface area contributed by atoms with Gasteiger partial charge in [0.05, 0.1) is 38.3 Å². The number of carbonyl (C=O) groups excluding carboxylic acids is 4. The molecule has 10 nitrogen and oxygen atoms in total. The maximum atomic E-state index is 12.9.